The van der Waals surface area contributed by atoms with Crippen molar-refractivity contribution in [3.05, 3.63) is 22.7 Å². The molecule has 114 valence electrons. The third-order valence-electron chi connectivity index (χ3n) is 3.20. The van der Waals surface area contributed by atoms with Gasteiger partial charge in [0, 0.05) is 19.3 Å². The molecule has 1 unspecified atom stereocenters. The monoisotopic (exact) mass is 319 g/mol. The number of aliphatic hydroxyl groups excluding tert-OH is 1. The van der Waals surface area contributed by atoms with E-state index in [9.17, 15) is 18.3 Å². The number of rotatable bonds is 2. The van der Waals surface area contributed by atoms with Gasteiger partial charge in [0.15, 0.2) is 11.0 Å². The second kappa shape index (κ2) is 4.95. The Balaban J connectivity index is 1.83. The minimum Gasteiger partial charge on any atom is -0.388 e. The highest BCUT2D eigenvalue weighted by Gasteiger charge is 2.39. The first-order valence-corrected chi connectivity index (χ1v) is 7.06. The van der Waals surface area contributed by atoms with Crippen molar-refractivity contribution in [3.63, 3.8) is 0 Å². The number of halogens is 3. The van der Waals surface area contributed by atoms with Crippen molar-refractivity contribution in [2.24, 2.45) is 0 Å². The molecule has 10 heteroatoms. The third-order valence-corrected chi connectivity index (χ3v) is 4.43. The highest BCUT2D eigenvalue weighted by Crippen LogP contribution is 2.32. The Morgan fingerprint density at radius 1 is 1.33 bits per heavy atom. The molecule has 0 aliphatic carbocycles. The molecule has 21 heavy (non-hydrogen) atoms. The highest BCUT2D eigenvalue weighted by molar-refractivity contribution is 7.15. The van der Waals surface area contributed by atoms with E-state index >= 15 is 0 Å². The summed E-state index contributed by atoms with van der Waals surface area (Å²) < 4.78 is 39.3. The Bertz CT molecular complexity index is 651. The fraction of sp³-hybridized carbons (Fsp3) is 0.545. The number of aliphatic hydroxyl groups is 1. The number of anilines is 1. The van der Waals surface area contributed by atoms with Crippen molar-refractivity contribution >= 4 is 16.5 Å². The Morgan fingerprint density at radius 3 is 2.71 bits per heavy atom. The Labute approximate surface area is 121 Å². The summed E-state index contributed by atoms with van der Waals surface area (Å²) in [6.45, 7) is 2.40. The smallest absolute Gasteiger partial charge is 0.388 e. The van der Waals surface area contributed by atoms with Crippen molar-refractivity contribution in [2.75, 3.05) is 11.4 Å². The molecule has 0 spiro atoms. The molecule has 1 atom stereocenters. The predicted octanol–water partition coefficient (Wildman–Crippen LogP) is 1.83. The van der Waals surface area contributed by atoms with Crippen LogP contribution in [0.4, 0.5) is 18.3 Å². The zero-order valence-electron chi connectivity index (χ0n) is 11.0. The van der Waals surface area contributed by atoms with Crippen LogP contribution in [0.25, 0.3) is 0 Å². The number of thiazole rings is 1. The van der Waals surface area contributed by atoms with E-state index in [1.807, 2.05) is 4.90 Å². The summed E-state index contributed by atoms with van der Waals surface area (Å²) in [5, 5.41) is 17.0. The lowest BCUT2D eigenvalue weighted by molar-refractivity contribution is -0.147. The van der Waals surface area contributed by atoms with Crippen LogP contribution in [0.15, 0.2) is 6.20 Å². The van der Waals surface area contributed by atoms with Gasteiger partial charge < -0.3 is 14.6 Å². The summed E-state index contributed by atoms with van der Waals surface area (Å²) in [6.07, 6.45) is -3.53. The molecule has 3 heterocycles. The van der Waals surface area contributed by atoms with Crippen LogP contribution < -0.4 is 4.90 Å². The van der Waals surface area contributed by atoms with Crippen molar-refractivity contribution in [1.29, 1.82) is 0 Å². The van der Waals surface area contributed by atoms with E-state index in [1.54, 1.807) is 13.1 Å². The number of alkyl halides is 3. The summed E-state index contributed by atoms with van der Waals surface area (Å²) >= 11 is 1.32. The average molecular weight is 319 g/mol. The van der Waals surface area contributed by atoms with E-state index in [4.69, 9.17) is 0 Å². The topological polar surface area (TPSA) is 67.1 Å². The lowest BCUT2D eigenvalue weighted by Gasteiger charge is -2.27. The minimum absolute atomic E-state index is 0.154. The van der Waals surface area contributed by atoms with Crippen molar-refractivity contribution in [1.82, 2.24) is 19.7 Å². The fourth-order valence-electron chi connectivity index (χ4n) is 2.15. The Kier molecular flexibility index (Phi) is 3.36. The lowest BCUT2D eigenvalue weighted by Crippen LogP contribution is -2.35. The second-order valence-corrected chi connectivity index (χ2v) is 5.77. The molecule has 0 saturated heterocycles. The maximum Gasteiger partial charge on any atom is 0.451 e. The molecule has 0 fully saturated rings. The Hall–Kier alpha value is -1.68. The van der Waals surface area contributed by atoms with Crippen LogP contribution in [0, 0.1) is 0 Å². The van der Waals surface area contributed by atoms with Crippen LogP contribution >= 0.6 is 11.3 Å². The average Bonchev–Trinajstić information content (AvgIpc) is 3.04. The molecule has 6 nitrogen and oxygen atoms in total. The molecule has 1 aliphatic heterocycles. The van der Waals surface area contributed by atoms with E-state index in [2.05, 4.69) is 15.2 Å². The SMILES string of the molecule is CC(O)c1cnc(N2CCn3c(nnc3C(F)(F)F)C2)s1. The number of fused-ring (bicyclic) bond motifs is 1. The van der Waals surface area contributed by atoms with Gasteiger partial charge in [0.25, 0.3) is 0 Å². The van der Waals surface area contributed by atoms with Gasteiger partial charge in [-0.15, -0.1) is 10.2 Å². The van der Waals surface area contributed by atoms with Gasteiger partial charge in [-0.1, -0.05) is 11.3 Å². The van der Waals surface area contributed by atoms with Crippen LogP contribution in [-0.4, -0.2) is 31.4 Å². The number of hydrogen-bond acceptors (Lipinski definition) is 6. The number of nitrogens with zero attached hydrogens (tertiary/aromatic N) is 5. The number of aromatic nitrogens is 4. The van der Waals surface area contributed by atoms with Gasteiger partial charge in [-0.3, -0.25) is 0 Å². The van der Waals surface area contributed by atoms with Gasteiger partial charge in [-0.25, -0.2) is 4.98 Å². The normalized spacial score (nSPS) is 16.9. The molecule has 2 aromatic heterocycles. The molecular weight excluding hydrogens is 307 g/mol. The number of hydrogen-bond donors (Lipinski definition) is 1. The van der Waals surface area contributed by atoms with Gasteiger partial charge in [-0.05, 0) is 6.92 Å². The van der Waals surface area contributed by atoms with Gasteiger partial charge in [0.1, 0.15) is 0 Å². The van der Waals surface area contributed by atoms with Crippen molar-refractivity contribution in [2.45, 2.75) is 32.3 Å². The lowest BCUT2D eigenvalue weighted by atomic mass is 10.3. The van der Waals surface area contributed by atoms with Crippen molar-refractivity contribution in [3.8, 4) is 0 Å². The van der Waals surface area contributed by atoms with Crippen LogP contribution in [0.1, 0.15) is 29.6 Å². The first-order valence-electron chi connectivity index (χ1n) is 6.24. The Morgan fingerprint density at radius 2 is 2.10 bits per heavy atom. The molecule has 1 aliphatic rings. The van der Waals surface area contributed by atoms with Crippen LogP contribution in [0.3, 0.4) is 0 Å². The van der Waals surface area contributed by atoms with Crippen LogP contribution in [0.2, 0.25) is 0 Å². The summed E-state index contributed by atoms with van der Waals surface area (Å²) in [4.78, 5) is 6.74. The molecule has 3 rings (SSSR count). The maximum atomic E-state index is 12.7. The van der Waals surface area contributed by atoms with Crippen LogP contribution in [-0.2, 0) is 19.3 Å². The first kappa shape index (κ1) is 14.3. The minimum atomic E-state index is -4.49. The van der Waals surface area contributed by atoms with Crippen molar-refractivity contribution < 1.29 is 18.3 Å². The van der Waals surface area contributed by atoms with E-state index < -0.39 is 18.1 Å². The summed E-state index contributed by atoms with van der Waals surface area (Å²) in [7, 11) is 0. The van der Waals surface area contributed by atoms with E-state index in [0.717, 1.165) is 4.57 Å². The maximum absolute atomic E-state index is 12.7. The van der Waals surface area contributed by atoms with Gasteiger partial charge >= 0.3 is 6.18 Å². The highest BCUT2D eigenvalue weighted by atomic mass is 32.1. The van der Waals surface area contributed by atoms with E-state index in [-0.39, 0.29) is 18.9 Å². The largest absolute Gasteiger partial charge is 0.451 e. The van der Waals surface area contributed by atoms with Crippen LogP contribution in [0.5, 0.6) is 0 Å². The van der Waals surface area contributed by atoms with Gasteiger partial charge in [0.05, 0.1) is 17.5 Å². The molecule has 0 bridgehead atoms. The quantitative estimate of drug-likeness (QED) is 0.915. The third kappa shape index (κ3) is 2.60. The van der Waals surface area contributed by atoms with Gasteiger partial charge in [0.2, 0.25) is 5.82 Å². The fourth-order valence-corrected chi connectivity index (χ4v) is 3.02. The van der Waals surface area contributed by atoms with Gasteiger partial charge in [-0.2, -0.15) is 13.2 Å². The molecule has 2 aromatic rings. The van der Waals surface area contributed by atoms with E-state index in [1.165, 1.54) is 11.3 Å². The van der Waals surface area contributed by atoms with E-state index in [0.29, 0.717) is 16.6 Å². The zero-order chi connectivity index (χ0) is 15.2. The molecule has 1 N–H and O–H groups in total. The zero-order valence-corrected chi connectivity index (χ0v) is 11.8. The first-order chi connectivity index (χ1) is 9.86. The predicted molar refractivity (Wildman–Crippen MR) is 68.8 cm³/mol. The second-order valence-electron chi connectivity index (χ2n) is 4.73. The molecule has 0 saturated carbocycles. The summed E-state index contributed by atoms with van der Waals surface area (Å²) in [5.41, 5.74) is 0. The summed E-state index contributed by atoms with van der Waals surface area (Å²) in [6, 6.07) is 0. The molecule has 0 aromatic carbocycles. The molecule has 0 radical (unpaired) electrons. The standard InChI is InChI=1S/C11H12F3N5OS/c1-6(20)7-4-15-10(21-7)18-2-3-19-8(5-18)16-17-9(19)11(12,13)14/h4,6,20H,2-3,5H2,1H3. The molecular formula is C11H12F3N5OS. The molecule has 0 amide bonds. The summed E-state index contributed by atoms with van der Waals surface area (Å²) in [5.74, 6) is -0.691.